The molecule has 200 valence electrons. The summed E-state index contributed by atoms with van der Waals surface area (Å²) in [5, 5.41) is 8.41. The van der Waals surface area contributed by atoms with E-state index in [1.165, 1.54) is 0 Å². The summed E-state index contributed by atoms with van der Waals surface area (Å²) in [4.78, 5) is 20.3. The van der Waals surface area contributed by atoms with Gasteiger partial charge in [0.15, 0.2) is 18.6 Å². The highest BCUT2D eigenvalue weighted by atomic mass is 16.5. The zero-order valence-corrected chi connectivity index (χ0v) is 21.8. The molecule has 0 N–H and O–H groups in total. The van der Waals surface area contributed by atoms with Crippen LogP contribution >= 0.6 is 0 Å². The molecule has 0 spiro atoms. The second-order valence-electron chi connectivity index (χ2n) is 9.26. The van der Waals surface area contributed by atoms with Crippen LogP contribution in [0.2, 0.25) is 0 Å². The molecule has 5 heterocycles. The first-order valence-electron chi connectivity index (χ1n) is 12.7. The lowest BCUT2D eigenvalue weighted by Gasteiger charge is -2.26. The molecule has 0 radical (unpaired) electrons. The third-order valence-electron chi connectivity index (χ3n) is 6.48. The summed E-state index contributed by atoms with van der Waals surface area (Å²) in [5.41, 5.74) is 2.87. The van der Waals surface area contributed by atoms with Gasteiger partial charge in [0.25, 0.3) is 0 Å². The fraction of sp³-hybridized carbons (Fsp3) is 0.346. The maximum atomic E-state index is 5.89. The van der Waals surface area contributed by atoms with Gasteiger partial charge in [-0.2, -0.15) is 9.67 Å². The highest BCUT2D eigenvalue weighted by molar-refractivity contribution is 5.65. The van der Waals surface area contributed by atoms with Crippen LogP contribution in [0.15, 0.2) is 55.2 Å². The van der Waals surface area contributed by atoms with Crippen molar-refractivity contribution in [1.82, 2.24) is 44.5 Å². The summed E-state index contributed by atoms with van der Waals surface area (Å²) in [7, 11) is 3.85. The lowest BCUT2D eigenvalue weighted by Crippen LogP contribution is -2.38. The summed E-state index contributed by atoms with van der Waals surface area (Å²) in [6.45, 7) is 5.32. The van der Waals surface area contributed by atoms with E-state index in [1.54, 1.807) is 23.3 Å². The Morgan fingerprint density at radius 1 is 1.05 bits per heavy atom. The van der Waals surface area contributed by atoms with Crippen LogP contribution in [-0.2, 0) is 25.4 Å². The monoisotopic (exact) mass is 529 g/mol. The van der Waals surface area contributed by atoms with Crippen molar-refractivity contribution in [1.29, 1.82) is 0 Å². The van der Waals surface area contributed by atoms with Gasteiger partial charge in [-0.1, -0.05) is 23.4 Å². The second-order valence-corrected chi connectivity index (χ2v) is 9.26. The number of aromatic nitrogens is 9. The Labute approximate surface area is 224 Å². The maximum Gasteiger partial charge on any atom is 0.240 e. The van der Waals surface area contributed by atoms with Crippen molar-refractivity contribution in [2.45, 2.75) is 6.54 Å². The van der Waals surface area contributed by atoms with E-state index in [-0.39, 0.29) is 0 Å². The van der Waals surface area contributed by atoms with E-state index in [1.807, 2.05) is 60.1 Å². The molecule has 39 heavy (non-hydrogen) atoms. The van der Waals surface area contributed by atoms with Gasteiger partial charge in [-0.05, 0) is 11.6 Å². The predicted octanol–water partition coefficient (Wildman–Crippen LogP) is 1.39. The molecular weight excluding hydrogens is 500 g/mol. The Balaban J connectivity index is 1.12. The van der Waals surface area contributed by atoms with E-state index in [0.717, 1.165) is 44.0 Å². The molecule has 1 aliphatic rings. The predicted molar refractivity (Wildman–Crippen MR) is 139 cm³/mol. The Hall–Kier alpha value is -4.49. The molecule has 0 aliphatic carbocycles. The lowest BCUT2D eigenvalue weighted by atomic mass is 10.1. The molecule has 13 nitrogen and oxygen atoms in total. The highest BCUT2D eigenvalue weighted by Gasteiger charge is 2.14. The first-order valence-corrected chi connectivity index (χ1v) is 12.7. The third-order valence-corrected chi connectivity index (χ3v) is 6.48. The van der Waals surface area contributed by atoms with Crippen molar-refractivity contribution in [3.05, 3.63) is 60.8 Å². The van der Waals surface area contributed by atoms with Gasteiger partial charge < -0.3 is 14.2 Å². The minimum absolute atomic E-state index is 0.367. The largest absolute Gasteiger partial charge is 0.489 e. The summed E-state index contributed by atoms with van der Waals surface area (Å²) in [5.74, 6) is 2.30. The minimum Gasteiger partial charge on any atom is -0.489 e. The fourth-order valence-corrected chi connectivity index (χ4v) is 4.29. The molecule has 1 aliphatic heterocycles. The summed E-state index contributed by atoms with van der Waals surface area (Å²) < 4.78 is 22.6. The third kappa shape index (κ3) is 5.84. The van der Waals surface area contributed by atoms with Gasteiger partial charge >= 0.3 is 0 Å². The van der Waals surface area contributed by atoms with E-state index in [0.29, 0.717) is 47.6 Å². The van der Waals surface area contributed by atoms with Crippen molar-refractivity contribution in [2.75, 3.05) is 39.5 Å². The molecule has 0 atom stereocenters. The van der Waals surface area contributed by atoms with E-state index >= 15 is 0 Å². The van der Waals surface area contributed by atoms with E-state index in [9.17, 15) is 0 Å². The number of benzene rings is 1. The quantitative estimate of drug-likeness (QED) is 0.259. The molecule has 0 saturated carbocycles. The van der Waals surface area contributed by atoms with Crippen LogP contribution < -0.4 is 14.2 Å². The topological polar surface area (TPSA) is 122 Å². The summed E-state index contributed by atoms with van der Waals surface area (Å²) >= 11 is 0. The van der Waals surface area contributed by atoms with Gasteiger partial charge in [-0.25, -0.2) is 19.6 Å². The molecule has 0 bridgehead atoms. The van der Waals surface area contributed by atoms with Gasteiger partial charge in [-0.15, -0.1) is 9.78 Å². The van der Waals surface area contributed by atoms with Crippen molar-refractivity contribution in [2.24, 2.45) is 14.1 Å². The number of rotatable bonds is 9. The molecule has 1 saturated heterocycles. The van der Waals surface area contributed by atoms with Crippen molar-refractivity contribution in [3.63, 3.8) is 0 Å². The number of fused-ring (bicyclic) bond motifs is 1. The first-order chi connectivity index (χ1) is 19.1. The summed E-state index contributed by atoms with van der Waals surface area (Å²) in [6.07, 6.45) is 8.69. The second kappa shape index (κ2) is 11.1. The fourth-order valence-electron chi connectivity index (χ4n) is 4.29. The van der Waals surface area contributed by atoms with Gasteiger partial charge in [-0.3, -0.25) is 4.90 Å². The zero-order chi connectivity index (χ0) is 26.6. The standard InChI is InChI=1S/C26H29N10O3/c1-33-17-22(18-34(33)2)39-23-15-29-25-26(30-23)36(32-31-25)16-19-4-3-5-20(12-19)24-27-13-21(14-28-24)38-11-8-35-6-9-37-10-7-35/h3-5,12-15,17-18H,6-11,16H2,1-2H3/q+1. The lowest BCUT2D eigenvalue weighted by molar-refractivity contribution is -0.751. The van der Waals surface area contributed by atoms with Gasteiger partial charge in [0.05, 0.1) is 45.4 Å². The van der Waals surface area contributed by atoms with Crippen LogP contribution in [-0.4, -0.2) is 84.0 Å². The Bertz CT molecular complexity index is 1540. The average Bonchev–Trinajstić information content (AvgIpc) is 3.50. The number of hydrogen-bond donors (Lipinski definition) is 0. The first kappa shape index (κ1) is 24.8. The molecule has 13 heteroatoms. The van der Waals surface area contributed by atoms with E-state index < -0.39 is 0 Å². The normalized spacial score (nSPS) is 14.1. The molecule has 0 unspecified atom stereocenters. The molecule has 4 aromatic heterocycles. The molecule has 6 rings (SSSR count). The van der Waals surface area contributed by atoms with Crippen molar-refractivity contribution >= 4 is 11.3 Å². The number of morpholine rings is 1. The molecular formula is C26H29N10O3+. The SMILES string of the molecule is Cn1cc(Oc2cnc3nnn(Cc4cccc(-c5ncc(OCCN6CCOCC6)cn5)c4)c3n2)c[n+]1C. The Kier molecular flexibility index (Phi) is 7.06. The van der Waals surface area contributed by atoms with Crippen LogP contribution in [0.3, 0.4) is 0 Å². The number of aryl methyl sites for hydroxylation is 2. The van der Waals surface area contributed by atoms with E-state index in [4.69, 9.17) is 14.2 Å². The maximum absolute atomic E-state index is 5.89. The molecule has 0 amide bonds. The smallest absolute Gasteiger partial charge is 0.240 e. The minimum atomic E-state index is 0.367. The van der Waals surface area contributed by atoms with Crippen LogP contribution in [0.1, 0.15) is 5.56 Å². The van der Waals surface area contributed by atoms with Crippen molar-refractivity contribution in [3.8, 4) is 28.8 Å². The highest BCUT2D eigenvalue weighted by Crippen LogP contribution is 2.21. The average molecular weight is 530 g/mol. The zero-order valence-electron chi connectivity index (χ0n) is 21.8. The van der Waals surface area contributed by atoms with Crippen LogP contribution in [0.4, 0.5) is 0 Å². The van der Waals surface area contributed by atoms with Gasteiger partial charge in [0.1, 0.15) is 12.8 Å². The molecule has 5 aromatic rings. The number of hydrogen-bond acceptors (Lipinski definition) is 10. The summed E-state index contributed by atoms with van der Waals surface area (Å²) in [6, 6.07) is 7.98. The Morgan fingerprint density at radius 2 is 1.90 bits per heavy atom. The number of nitrogens with zero attached hydrogens (tertiary/aromatic N) is 10. The van der Waals surface area contributed by atoms with Crippen molar-refractivity contribution < 1.29 is 18.9 Å². The van der Waals surface area contributed by atoms with Gasteiger partial charge in [0.2, 0.25) is 29.1 Å². The molecule has 1 aromatic carbocycles. The van der Waals surface area contributed by atoms with Crippen LogP contribution in [0, 0.1) is 0 Å². The van der Waals surface area contributed by atoms with Crippen LogP contribution in [0.5, 0.6) is 17.4 Å². The van der Waals surface area contributed by atoms with Gasteiger partial charge in [0, 0.05) is 25.2 Å². The molecule has 1 fully saturated rings. The number of ether oxygens (including phenoxy) is 3. The van der Waals surface area contributed by atoms with Crippen LogP contribution in [0.25, 0.3) is 22.7 Å². The Morgan fingerprint density at radius 3 is 2.69 bits per heavy atom. The van der Waals surface area contributed by atoms with E-state index in [2.05, 4.69) is 35.1 Å².